The third kappa shape index (κ3) is 3.18. The third-order valence-electron chi connectivity index (χ3n) is 2.33. The zero-order chi connectivity index (χ0) is 13.2. The second-order valence-electron chi connectivity index (χ2n) is 3.80. The Morgan fingerprint density at radius 2 is 2.22 bits per heavy atom. The standard InChI is InChI=1S/C11H12BrN3O2S/c1-15-8-9(6-13-15)7-14-18(16,17)11-4-2-3-10(12)5-11/h2-6,8,14H,7H2,1H3. The summed E-state index contributed by atoms with van der Waals surface area (Å²) < 4.78 is 28.9. The first-order chi connectivity index (χ1) is 8.47. The molecule has 1 heterocycles. The lowest BCUT2D eigenvalue weighted by molar-refractivity contribution is 0.581. The van der Waals surface area contributed by atoms with Crippen LogP contribution in [0.5, 0.6) is 0 Å². The van der Waals surface area contributed by atoms with Crippen LogP contribution in [0, 0.1) is 0 Å². The molecule has 0 radical (unpaired) electrons. The highest BCUT2D eigenvalue weighted by molar-refractivity contribution is 9.10. The van der Waals surface area contributed by atoms with Gasteiger partial charge in [0.05, 0.1) is 11.1 Å². The minimum absolute atomic E-state index is 0.225. The second-order valence-corrected chi connectivity index (χ2v) is 6.49. The Kier molecular flexibility index (Phi) is 3.84. The van der Waals surface area contributed by atoms with Crippen molar-refractivity contribution in [2.45, 2.75) is 11.4 Å². The smallest absolute Gasteiger partial charge is 0.240 e. The molecular weight excluding hydrogens is 318 g/mol. The van der Waals surface area contributed by atoms with Gasteiger partial charge in [-0.25, -0.2) is 13.1 Å². The van der Waals surface area contributed by atoms with Crippen molar-refractivity contribution < 1.29 is 8.42 Å². The van der Waals surface area contributed by atoms with Crippen molar-refractivity contribution in [3.8, 4) is 0 Å². The molecule has 1 aromatic carbocycles. The summed E-state index contributed by atoms with van der Waals surface area (Å²) in [4.78, 5) is 0.237. The molecule has 0 unspecified atom stereocenters. The van der Waals surface area contributed by atoms with E-state index in [9.17, 15) is 8.42 Å². The molecule has 5 nitrogen and oxygen atoms in total. The predicted molar refractivity (Wildman–Crippen MR) is 71.4 cm³/mol. The molecule has 0 amide bonds. The molecule has 96 valence electrons. The van der Waals surface area contributed by atoms with Crippen LogP contribution in [-0.4, -0.2) is 18.2 Å². The number of benzene rings is 1. The van der Waals surface area contributed by atoms with E-state index in [-0.39, 0.29) is 11.4 Å². The first-order valence-corrected chi connectivity index (χ1v) is 7.48. The molecule has 0 bridgehead atoms. The summed E-state index contributed by atoms with van der Waals surface area (Å²) in [5.74, 6) is 0. The number of nitrogens with zero attached hydrogens (tertiary/aromatic N) is 2. The van der Waals surface area contributed by atoms with Crippen LogP contribution in [0.2, 0.25) is 0 Å². The Balaban J connectivity index is 2.13. The normalized spacial score (nSPS) is 11.7. The zero-order valence-electron chi connectivity index (χ0n) is 9.67. The molecule has 1 N–H and O–H groups in total. The zero-order valence-corrected chi connectivity index (χ0v) is 12.1. The van der Waals surface area contributed by atoms with E-state index in [1.807, 2.05) is 0 Å². The summed E-state index contributed by atoms with van der Waals surface area (Å²) in [6, 6.07) is 6.57. The first-order valence-electron chi connectivity index (χ1n) is 5.20. The summed E-state index contributed by atoms with van der Waals surface area (Å²) in [5.41, 5.74) is 0.816. The van der Waals surface area contributed by atoms with E-state index in [2.05, 4.69) is 25.8 Å². The molecular formula is C11H12BrN3O2S. The van der Waals surface area contributed by atoms with Gasteiger partial charge in [0.15, 0.2) is 0 Å². The fraction of sp³-hybridized carbons (Fsp3) is 0.182. The van der Waals surface area contributed by atoms with Gasteiger partial charge in [-0.3, -0.25) is 4.68 Å². The van der Waals surface area contributed by atoms with Crippen molar-refractivity contribution in [3.63, 3.8) is 0 Å². The molecule has 7 heteroatoms. The summed E-state index contributed by atoms with van der Waals surface area (Å²) in [5, 5.41) is 3.98. The number of rotatable bonds is 4. The van der Waals surface area contributed by atoms with E-state index in [1.165, 1.54) is 0 Å². The van der Waals surface area contributed by atoms with E-state index < -0.39 is 10.0 Å². The predicted octanol–water partition coefficient (Wildman–Crippen LogP) is 1.66. The molecule has 1 aromatic heterocycles. The summed E-state index contributed by atoms with van der Waals surface area (Å²) in [7, 11) is -1.70. The van der Waals surface area contributed by atoms with E-state index >= 15 is 0 Å². The van der Waals surface area contributed by atoms with Crippen LogP contribution in [0.3, 0.4) is 0 Å². The lowest BCUT2D eigenvalue weighted by atomic mass is 10.4. The SMILES string of the molecule is Cn1cc(CNS(=O)(=O)c2cccc(Br)c2)cn1. The van der Waals surface area contributed by atoms with Gasteiger partial charge < -0.3 is 0 Å². The Morgan fingerprint density at radius 1 is 1.44 bits per heavy atom. The van der Waals surface area contributed by atoms with Crippen LogP contribution >= 0.6 is 15.9 Å². The van der Waals surface area contributed by atoms with Crippen molar-refractivity contribution in [3.05, 3.63) is 46.7 Å². The van der Waals surface area contributed by atoms with E-state index in [1.54, 1.807) is 48.4 Å². The van der Waals surface area contributed by atoms with Crippen LogP contribution in [0.15, 0.2) is 46.0 Å². The topological polar surface area (TPSA) is 64.0 Å². The maximum atomic E-state index is 12.0. The molecule has 0 atom stereocenters. The Morgan fingerprint density at radius 3 is 2.83 bits per heavy atom. The fourth-order valence-electron chi connectivity index (χ4n) is 1.46. The van der Waals surface area contributed by atoms with Crippen LogP contribution in [0.25, 0.3) is 0 Å². The minimum atomic E-state index is -3.49. The highest BCUT2D eigenvalue weighted by Gasteiger charge is 2.13. The first kappa shape index (κ1) is 13.3. The monoisotopic (exact) mass is 329 g/mol. The highest BCUT2D eigenvalue weighted by Crippen LogP contribution is 2.16. The molecule has 0 spiro atoms. The van der Waals surface area contributed by atoms with Crippen LogP contribution in [0.4, 0.5) is 0 Å². The van der Waals surface area contributed by atoms with Crippen molar-refractivity contribution in [2.24, 2.45) is 7.05 Å². The third-order valence-corrected chi connectivity index (χ3v) is 4.22. The van der Waals surface area contributed by atoms with E-state index in [0.717, 1.165) is 10.0 Å². The van der Waals surface area contributed by atoms with Crippen molar-refractivity contribution >= 4 is 26.0 Å². The Hall–Kier alpha value is -1.18. The van der Waals surface area contributed by atoms with Crippen LogP contribution in [-0.2, 0) is 23.6 Å². The summed E-state index contributed by atoms with van der Waals surface area (Å²) in [6.45, 7) is 0.225. The van der Waals surface area contributed by atoms with Gasteiger partial charge in [0, 0.05) is 29.8 Å². The van der Waals surface area contributed by atoms with Gasteiger partial charge in [-0.2, -0.15) is 5.10 Å². The highest BCUT2D eigenvalue weighted by atomic mass is 79.9. The molecule has 0 saturated carbocycles. The molecule has 0 aliphatic carbocycles. The lowest BCUT2D eigenvalue weighted by Gasteiger charge is -2.05. The molecule has 0 fully saturated rings. The molecule has 0 aliphatic heterocycles. The Labute approximate surface area is 114 Å². The number of halogens is 1. The Bertz CT molecular complexity index is 652. The van der Waals surface area contributed by atoms with Gasteiger partial charge in [-0.05, 0) is 18.2 Å². The average molecular weight is 330 g/mol. The van der Waals surface area contributed by atoms with Gasteiger partial charge in [0.1, 0.15) is 0 Å². The lowest BCUT2D eigenvalue weighted by Crippen LogP contribution is -2.23. The van der Waals surface area contributed by atoms with Gasteiger partial charge >= 0.3 is 0 Å². The summed E-state index contributed by atoms with van der Waals surface area (Å²) >= 11 is 3.25. The van der Waals surface area contributed by atoms with Gasteiger partial charge in [0.2, 0.25) is 10.0 Å². The van der Waals surface area contributed by atoms with E-state index in [0.29, 0.717) is 0 Å². The minimum Gasteiger partial charge on any atom is -0.275 e. The van der Waals surface area contributed by atoms with Crippen molar-refractivity contribution in [2.75, 3.05) is 0 Å². The molecule has 2 aromatic rings. The quantitative estimate of drug-likeness (QED) is 0.927. The molecule has 2 rings (SSSR count). The van der Waals surface area contributed by atoms with Gasteiger partial charge in [0.25, 0.3) is 0 Å². The second kappa shape index (κ2) is 5.21. The number of nitrogens with one attached hydrogen (secondary N) is 1. The van der Waals surface area contributed by atoms with Crippen LogP contribution < -0.4 is 4.72 Å². The molecule has 18 heavy (non-hydrogen) atoms. The number of aryl methyl sites for hydroxylation is 1. The van der Waals surface area contributed by atoms with Gasteiger partial charge in [-0.15, -0.1) is 0 Å². The largest absolute Gasteiger partial charge is 0.275 e. The number of aromatic nitrogens is 2. The number of hydrogen-bond acceptors (Lipinski definition) is 3. The van der Waals surface area contributed by atoms with Crippen molar-refractivity contribution in [1.82, 2.24) is 14.5 Å². The number of sulfonamides is 1. The fourth-order valence-corrected chi connectivity index (χ4v) is 3.07. The molecule has 0 aliphatic rings. The number of hydrogen-bond donors (Lipinski definition) is 1. The van der Waals surface area contributed by atoms with E-state index in [4.69, 9.17) is 0 Å². The summed E-state index contributed by atoms with van der Waals surface area (Å²) in [6.07, 6.45) is 3.40. The van der Waals surface area contributed by atoms with Crippen LogP contribution in [0.1, 0.15) is 5.56 Å². The van der Waals surface area contributed by atoms with Gasteiger partial charge in [-0.1, -0.05) is 22.0 Å². The molecule has 0 saturated heterocycles. The average Bonchev–Trinajstić information content (AvgIpc) is 2.73. The maximum Gasteiger partial charge on any atom is 0.240 e. The van der Waals surface area contributed by atoms with Crippen molar-refractivity contribution in [1.29, 1.82) is 0 Å². The maximum absolute atomic E-state index is 12.0.